The van der Waals surface area contributed by atoms with Crippen molar-refractivity contribution in [1.29, 1.82) is 0 Å². The smallest absolute Gasteiger partial charge is 0.319 e. The van der Waals surface area contributed by atoms with Gasteiger partial charge in [-0.15, -0.1) is 0 Å². The number of nitro groups is 1. The summed E-state index contributed by atoms with van der Waals surface area (Å²) in [6.45, 7) is 1.76. The van der Waals surface area contributed by atoms with E-state index >= 15 is 0 Å². The fourth-order valence-corrected chi connectivity index (χ4v) is 2.51. The quantitative estimate of drug-likeness (QED) is 0.531. The first kappa shape index (κ1) is 19.7. The van der Waals surface area contributed by atoms with Gasteiger partial charge in [-0.25, -0.2) is 4.79 Å². The lowest BCUT2D eigenvalue weighted by Crippen LogP contribution is -2.29. The Morgan fingerprint density at radius 1 is 1.22 bits per heavy atom. The van der Waals surface area contributed by atoms with Crippen LogP contribution in [0, 0.1) is 17.0 Å². The van der Waals surface area contributed by atoms with E-state index in [1.54, 1.807) is 25.1 Å². The number of methoxy groups -OCH3 is 1. The molecule has 0 aliphatic rings. The minimum Gasteiger partial charge on any atom is -0.496 e. The molecule has 142 valence electrons. The third-order valence-corrected chi connectivity index (χ3v) is 3.97. The van der Waals surface area contributed by atoms with Crippen LogP contribution in [0.25, 0.3) is 0 Å². The highest BCUT2D eigenvalue weighted by Crippen LogP contribution is 2.24. The molecule has 0 unspecified atom stereocenters. The Morgan fingerprint density at radius 3 is 2.59 bits per heavy atom. The number of hydrogen-bond donors (Lipinski definition) is 3. The van der Waals surface area contributed by atoms with Crippen LogP contribution in [0.4, 0.5) is 16.2 Å². The molecule has 0 saturated carbocycles. The van der Waals surface area contributed by atoms with E-state index in [2.05, 4.69) is 16.0 Å². The average molecular weight is 372 g/mol. The predicted molar refractivity (Wildman–Crippen MR) is 100 cm³/mol. The maximum absolute atomic E-state index is 12.2. The Kier molecular flexibility index (Phi) is 6.32. The van der Waals surface area contributed by atoms with Crippen LogP contribution >= 0.6 is 0 Å². The molecule has 2 aromatic carbocycles. The molecule has 9 nitrogen and oxygen atoms in total. The number of amides is 3. The van der Waals surface area contributed by atoms with Crippen LogP contribution in [0.3, 0.4) is 0 Å². The van der Waals surface area contributed by atoms with Crippen molar-refractivity contribution >= 4 is 23.3 Å². The number of non-ortho nitro benzene ring substituents is 1. The number of carbonyl (C=O) groups excluding carboxylic acids is 2. The van der Waals surface area contributed by atoms with Crippen LogP contribution in [0.5, 0.6) is 5.75 Å². The molecule has 0 fully saturated rings. The molecule has 3 N–H and O–H groups in total. The monoisotopic (exact) mass is 372 g/mol. The van der Waals surface area contributed by atoms with Crippen molar-refractivity contribution in [3.63, 3.8) is 0 Å². The van der Waals surface area contributed by atoms with Crippen molar-refractivity contribution in [3.05, 3.63) is 63.2 Å². The molecule has 0 saturated heterocycles. The Balaban J connectivity index is 2.10. The van der Waals surface area contributed by atoms with Crippen LogP contribution < -0.4 is 20.7 Å². The lowest BCUT2D eigenvalue weighted by Gasteiger charge is -2.13. The highest BCUT2D eigenvalue weighted by Gasteiger charge is 2.14. The van der Waals surface area contributed by atoms with Crippen LogP contribution in [0.15, 0.2) is 36.4 Å². The lowest BCUT2D eigenvalue weighted by atomic mass is 10.1. The van der Waals surface area contributed by atoms with Crippen LogP contribution in [0.1, 0.15) is 21.5 Å². The number of rotatable bonds is 6. The number of hydrogen-bond acceptors (Lipinski definition) is 5. The highest BCUT2D eigenvalue weighted by atomic mass is 16.6. The third-order valence-electron chi connectivity index (χ3n) is 3.97. The topological polar surface area (TPSA) is 123 Å². The minimum atomic E-state index is -0.517. The predicted octanol–water partition coefficient (Wildman–Crippen LogP) is 2.59. The number of carbonyl (C=O) groups is 2. The Hall–Kier alpha value is -3.62. The summed E-state index contributed by atoms with van der Waals surface area (Å²) in [7, 11) is 2.97. The van der Waals surface area contributed by atoms with E-state index in [1.165, 1.54) is 32.4 Å². The van der Waals surface area contributed by atoms with Gasteiger partial charge in [0.25, 0.3) is 11.6 Å². The number of nitro benzene ring substituents is 1. The molecule has 2 aromatic rings. The fourth-order valence-electron chi connectivity index (χ4n) is 2.51. The average Bonchev–Trinajstić information content (AvgIpc) is 2.67. The number of urea groups is 1. The van der Waals surface area contributed by atoms with Crippen LogP contribution in [-0.4, -0.2) is 31.0 Å². The van der Waals surface area contributed by atoms with E-state index < -0.39 is 11.0 Å². The molecule has 0 aliphatic heterocycles. The SMILES string of the molecule is CNC(=O)c1cccc(NC(=O)NCc2cc([N+](=O)[O-])ccc2OC)c1C. The zero-order valence-corrected chi connectivity index (χ0v) is 15.2. The van der Waals surface area contributed by atoms with Gasteiger partial charge in [0.15, 0.2) is 0 Å². The molecule has 0 heterocycles. The van der Waals surface area contributed by atoms with Gasteiger partial charge in [0, 0.05) is 42.5 Å². The standard InChI is InChI=1S/C18H20N4O5/c1-11-14(17(23)19-2)5-4-6-15(11)21-18(24)20-10-12-9-13(22(25)26)7-8-16(12)27-3/h4-9H,10H2,1-3H3,(H,19,23)(H2,20,21,24). The van der Waals surface area contributed by atoms with Gasteiger partial charge in [0.2, 0.25) is 0 Å². The molecule has 0 spiro atoms. The Bertz CT molecular complexity index is 882. The second kappa shape index (κ2) is 8.65. The van der Waals surface area contributed by atoms with E-state index in [0.717, 1.165) is 0 Å². The molecule has 9 heteroatoms. The summed E-state index contributed by atoms with van der Waals surface area (Å²) in [6, 6.07) is 8.63. The first-order chi connectivity index (χ1) is 12.9. The fraction of sp³-hybridized carbons (Fsp3) is 0.222. The molecule has 0 bridgehead atoms. The normalized spacial score (nSPS) is 10.0. The van der Waals surface area contributed by atoms with E-state index in [9.17, 15) is 19.7 Å². The molecule has 2 rings (SSSR count). The zero-order chi connectivity index (χ0) is 20.0. The van der Waals surface area contributed by atoms with Gasteiger partial charge >= 0.3 is 6.03 Å². The lowest BCUT2D eigenvalue weighted by molar-refractivity contribution is -0.384. The van der Waals surface area contributed by atoms with Gasteiger partial charge in [-0.05, 0) is 30.7 Å². The summed E-state index contributed by atoms with van der Waals surface area (Å²) >= 11 is 0. The summed E-state index contributed by atoms with van der Waals surface area (Å²) in [4.78, 5) is 34.4. The van der Waals surface area contributed by atoms with Gasteiger partial charge in [-0.1, -0.05) is 6.07 Å². The van der Waals surface area contributed by atoms with E-state index in [0.29, 0.717) is 28.1 Å². The molecule has 0 aliphatic carbocycles. The number of anilines is 1. The molecule has 0 atom stereocenters. The van der Waals surface area contributed by atoms with Crippen molar-refractivity contribution in [2.45, 2.75) is 13.5 Å². The summed E-state index contributed by atoms with van der Waals surface area (Å²) in [6.07, 6.45) is 0. The zero-order valence-electron chi connectivity index (χ0n) is 15.2. The second-order valence-corrected chi connectivity index (χ2v) is 5.62. The Morgan fingerprint density at radius 2 is 1.96 bits per heavy atom. The first-order valence-electron chi connectivity index (χ1n) is 8.05. The minimum absolute atomic E-state index is 0.0326. The van der Waals surface area contributed by atoms with Gasteiger partial charge in [-0.2, -0.15) is 0 Å². The van der Waals surface area contributed by atoms with Crippen LogP contribution in [0.2, 0.25) is 0 Å². The molecular formula is C18H20N4O5. The molecule has 27 heavy (non-hydrogen) atoms. The van der Waals surface area contributed by atoms with Crippen LogP contribution in [-0.2, 0) is 6.54 Å². The molecule has 0 radical (unpaired) electrons. The van der Waals surface area contributed by atoms with Gasteiger partial charge in [0.1, 0.15) is 5.75 Å². The Labute approximate surface area is 155 Å². The van der Waals surface area contributed by atoms with E-state index in [1.807, 2.05) is 0 Å². The van der Waals surface area contributed by atoms with E-state index in [-0.39, 0.29) is 18.1 Å². The van der Waals surface area contributed by atoms with Gasteiger partial charge < -0.3 is 20.7 Å². The highest BCUT2D eigenvalue weighted by molar-refractivity contribution is 5.98. The summed E-state index contributed by atoms with van der Waals surface area (Å²) in [5, 5.41) is 18.7. The van der Waals surface area contributed by atoms with E-state index in [4.69, 9.17) is 4.74 Å². The van der Waals surface area contributed by atoms with Crippen molar-refractivity contribution < 1.29 is 19.2 Å². The van der Waals surface area contributed by atoms with Crippen molar-refractivity contribution in [2.24, 2.45) is 0 Å². The number of nitrogens with zero attached hydrogens (tertiary/aromatic N) is 1. The van der Waals surface area contributed by atoms with Crippen molar-refractivity contribution in [2.75, 3.05) is 19.5 Å². The summed E-state index contributed by atoms with van der Waals surface area (Å²) in [5.74, 6) is 0.177. The maximum Gasteiger partial charge on any atom is 0.319 e. The van der Waals surface area contributed by atoms with Gasteiger partial charge in [-0.3, -0.25) is 14.9 Å². The molecule has 3 amide bonds. The largest absolute Gasteiger partial charge is 0.496 e. The first-order valence-corrected chi connectivity index (χ1v) is 8.05. The molecular weight excluding hydrogens is 352 g/mol. The van der Waals surface area contributed by atoms with Crippen molar-refractivity contribution in [1.82, 2.24) is 10.6 Å². The second-order valence-electron chi connectivity index (χ2n) is 5.62. The summed E-state index contributed by atoms with van der Waals surface area (Å²) < 4.78 is 5.17. The third kappa shape index (κ3) is 4.72. The number of benzene rings is 2. The van der Waals surface area contributed by atoms with Gasteiger partial charge in [0.05, 0.1) is 12.0 Å². The maximum atomic E-state index is 12.2. The molecule has 0 aromatic heterocycles. The summed E-state index contributed by atoms with van der Waals surface area (Å²) in [5.41, 5.74) is 1.94. The number of ether oxygens (including phenoxy) is 1. The number of nitrogens with one attached hydrogen (secondary N) is 3. The van der Waals surface area contributed by atoms with Crippen molar-refractivity contribution in [3.8, 4) is 5.75 Å².